The lowest BCUT2D eigenvalue weighted by Gasteiger charge is -2.25. The molecule has 1 heterocycles. The molecule has 0 saturated carbocycles. The highest BCUT2D eigenvalue weighted by Crippen LogP contribution is 2.39. The van der Waals surface area contributed by atoms with Gasteiger partial charge in [-0.25, -0.2) is 0 Å². The minimum atomic E-state index is -2.36. The summed E-state index contributed by atoms with van der Waals surface area (Å²) >= 11 is 0. The van der Waals surface area contributed by atoms with E-state index in [1.807, 2.05) is 84.0 Å². The maximum atomic E-state index is 13.6. The number of methoxy groups -OCH3 is 2. The molecule has 6 aromatic carbocycles. The first kappa shape index (κ1) is 54.0. The monoisotopic (exact) mass is 990 g/mol. The number of furan rings is 1. The fourth-order valence-electron chi connectivity index (χ4n) is 7.55. The van der Waals surface area contributed by atoms with Crippen LogP contribution in [0.3, 0.4) is 0 Å². The smallest absolute Gasteiger partial charge is 0.218 e. The van der Waals surface area contributed by atoms with Crippen LogP contribution in [0.1, 0.15) is 90.3 Å². The summed E-state index contributed by atoms with van der Waals surface area (Å²) in [7, 11) is -1.36. The molecular formula is C60H70O9Si2. The van der Waals surface area contributed by atoms with Gasteiger partial charge in [-0.05, 0) is 128 Å². The average molecular weight is 991 g/mol. The largest absolute Gasteiger partial charge is 0.497 e. The summed E-state index contributed by atoms with van der Waals surface area (Å²) in [5, 5.41) is 3.06. The van der Waals surface area contributed by atoms with Gasteiger partial charge in [-0.3, -0.25) is 14.4 Å². The molecule has 0 N–H and O–H groups in total. The third kappa shape index (κ3) is 13.7. The van der Waals surface area contributed by atoms with Crippen molar-refractivity contribution in [3.63, 3.8) is 0 Å². The molecule has 9 nitrogen and oxygen atoms in total. The third-order valence-electron chi connectivity index (χ3n) is 12.6. The zero-order chi connectivity index (χ0) is 51.9. The van der Waals surface area contributed by atoms with Gasteiger partial charge >= 0.3 is 0 Å². The molecule has 372 valence electrons. The van der Waals surface area contributed by atoms with Crippen LogP contribution in [0.2, 0.25) is 26.2 Å². The van der Waals surface area contributed by atoms with E-state index in [-0.39, 0.29) is 24.0 Å². The van der Waals surface area contributed by atoms with Gasteiger partial charge in [0.2, 0.25) is 22.4 Å². The zero-order valence-electron chi connectivity index (χ0n) is 44.0. The fourth-order valence-corrected chi connectivity index (χ4v) is 10.9. The van der Waals surface area contributed by atoms with Crippen LogP contribution in [-0.2, 0) is 26.9 Å². The summed E-state index contributed by atoms with van der Waals surface area (Å²) in [6.07, 6.45) is 0. The van der Waals surface area contributed by atoms with Gasteiger partial charge in [-0.15, -0.1) is 0 Å². The summed E-state index contributed by atoms with van der Waals surface area (Å²) in [4.78, 5) is 39.4. The Bertz CT molecular complexity index is 2950. The molecule has 0 amide bonds. The van der Waals surface area contributed by atoms with Gasteiger partial charge < -0.3 is 27.5 Å². The Morgan fingerprint density at radius 1 is 0.563 bits per heavy atom. The Kier molecular flexibility index (Phi) is 17.0. The summed E-state index contributed by atoms with van der Waals surface area (Å²) in [5.74, 6) is 1.99. The summed E-state index contributed by atoms with van der Waals surface area (Å²) in [6.45, 7) is 25.1. The van der Waals surface area contributed by atoms with Crippen LogP contribution < -0.4 is 24.6 Å². The van der Waals surface area contributed by atoms with Crippen molar-refractivity contribution >= 4 is 55.3 Å². The van der Waals surface area contributed by atoms with Gasteiger partial charge in [-0.2, -0.15) is 0 Å². The molecule has 0 unspecified atom stereocenters. The van der Waals surface area contributed by atoms with Crippen molar-refractivity contribution in [2.75, 3.05) is 20.8 Å². The molecule has 7 rings (SSSR count). The number of ether oxygens (including phenoxy) is 3. The fraction of sp³-hybridized carbons (Fsp3) is 0.317. The Hall–Kier alpha value is -6.38. The summed E-state index contributed by atoms with van der Waals surface area (Å²) < 4.78 is 35.6. The van der Waals surface area contributed by atoms with Gasteiger partial charge in [0.05, 0.1) is 33.0 Å². The number of carbonyl (C=O) groups excluding carboxylic acids is 3. The third-order valence-corrected chi connectivity index (χ3v) is 17.7. The minimum absolute atomic E-state index is 0.0202. The van der Waals surface area contributed by atoms with E-state index in [9.17, 15) is 14.4 Å². The van der Waals surface area contributed by atoms with E-state index >= 15 is 0 Å². The molecule has 1 aromatic heterocycles. The molecule has 71 heavy (non-hydrogen) atoms. The van der Waals surface area contributed by atoms with Crippen LogP contribution in [0, 0.1) is 24.7 Å². The van der Waals surface area contributed by atoms with E-state index in [2.05, 4.69) is 101 Å². The molecule has 0 fully saturated rings. The second-order valence-corrected chi connectivity index (χ2v) is 28.9. The lowest BCUT2D eigenvalue weighted by atomic mass is 9.86. The lowest BCUT2D eigenvalue weighted by molar-refractivity contribution is -0.128. The molecular weight excluding hydrogens is 921 g/mol. The topological polar surface area (TPSA) is 110 Å². The number of fused-ring (bicyclic) bond motifs is 1. The average Bonchev–Trinajstić information content (AvgIpc) is 3.73. The molecule has 0 aliphatic heterocycles. The van der Waals surface area contributed by atoms with Crippen LogP contribution >= 0.6 is 0 Å². The van der Waals surface area contributed by atoms with Crippen LogP contribution in [0.5, 0.6) is 17.2 Å². The van der Waals surface area contributed by atoms with Gasteiger partial charge in [-0.1, -0.05) is 125 Å². The van der Waals surface area contributed by atoms with E-state index in [0.29, 0.717) is 47.2 Å². The number of aryl methyl sites for hydroxylation is 2. The van der Waals surface area contributed by atoms with Crippen LogP contribution in [-0.4, -0.2) is 54.8 Å². The molecule has 0 bridgehead atoms. The normalized spacial score (nSPS) is 12.0. The highest BCUT2D eigenvalue weighted by molar-refractivity contribution is 6.85. The Labute approximate surface area is 422 Å². The lowest BCUT2D eigenvalue weighted by Crippen LogP contribution is -2.45. The molecule has 0 spiro atoms. The summed E-state index contributed by atoms with van der Waals surface area (Å²) in [6, 6.07) is 43.3. The van der Waals surface area contributed by atoms with Crippen LogP contribution in [0.15, 0.2) is 138 Å². The molecule has 0 saturated heterocycles. The Morgan fingerprint density at radius 2 is 1.04 bits per heavy atom. The van der Waals surface area contributed by atoms with Crippen molar-refractivity contribution in [3.8, 4) is 28.4 Å². The van der Waals surface area contributed by atoms with Crippen molar-refractivity contribution in [1.29, 1.82) is 0 Å². The second kappa shape index (κ2) is 22.4. The Morgan fingerprint density at radius 3 is 1.52 bits per heavy atom. The van der Waals surface area contributed by atoms with Crippen molar-refractivity contribution in [2.24, 2.45) is 10.8 Å². The quantitative estimate of drug-likeness (QED) is 0.0650. The predicted octanol–water partition coefficient (Wildman–Crippen LogP) is 13.1. The molecule has 0 aliphatic rings. The highest BCUT2D eigenvalue weighted by atomic mass is 28.4. The van der Waals surface area contributed by atoms with Gasteiger partial charge in [0.15, 0.2) is 17.3 Å². The number of ketones is 3. The Balaban J connectivity index is 0.000000232. The first-order chi connectivity index (χ1) is 33.4. The van der Waals surface area contributed by atoms with E-state index in [0.717, 1.165) is 43.8 Å². The van der Waals surface area contributed by atoms with E-state index < -0.39 is 27.5 Å². The van der Waals surface area contributed by atoms with Crippen molar-refractivity contribution in [2.45, 2.75) is 94.8 Å². The molecule has 7 aromatic rings. The van der Waals surface area contributed by atoms with Crippen molar-refractivity contribution in [3.05, 3.63) is 173 Å². The zero-order valence-corrected chi connectivity index (χ0v) is 46.0. The second-order valence-electron chi connectivity index (χ2n) is 21.1. The number of carbonyl (C=O) groups is 3. The van der Waals surface area contributed by atoms with Gasteiger partial charge in [0, 0.05) is 27.3 Å². The number of benzene rings is 6. The SMILES string of the molecule is COc1ccc(-c2c(C(=O)C(C)(C)C)oc3ccc([Si](C)(C)OCc4ccc(C)cc4)cc23)cc1.COc1ccc(C(=O)c2cc([Si](C)(C)OCc3ccc(C)cc3)ccc2OCC(=O)C(C)(C)C)cc1. The maximum absolute atomic E-state index is 13.6. The molecule has 11 heteroatoms. The predicted molar refractivity (Wildman–Crippen MR) is 291 cm³/mol. The van der Waals surface area contributed by atoms with Gasteiger partial charge in [0.25, 0.3) is 0 Å². The van der Waals surface area contributed by atoms with Gasteiger partial charge in [0.1, 0.15) is 29.4 Å². The van der Waals surface area contributed by atoms with E-state index in [1.54, 1.807) is 44.6 Å². The minimum Gasteiger partial charge on any atom is -0.497 e. The van der Waals surface area contributed by atoms with Crippen molar-refractivity contribution < 1.29 is 41.9 Å². The first-order valence-corrected chi connectivity index (χ1v) is 29.9. The van der Waals surface area contributed by atoms with Crippen LogP contribution in [0.4, 0.5) is 0 Å². The number of Topliss-reactive ketones (excluding diaryl/α,β-unsaturated/α-hetero) is 2. The number of hydrogen-bond donors (Lipinski definition) is 0. The maximum Gasteiger partial charge on any atom is 0.218 e. The molecule has 0 atom stereocenters. The molecule has 0 aliphatic carbocycles. The first-order valence-electron chi connectivity index (χ1n) is 24.0. The number of rotatable bonds is 17. The van der Waals surface area contributed by atoms with E-state index in [4.69, 9.17) is 27.5 Å². The van der Waals surface area contributed by atoms with Crippen LogP contribution in [0.25, 0.3) is 22.1 Å². The summed E-state index contributed by atoms with van der Waals surface area (Å²) in [5.41, 5.74) is 7.01. The number of hydrogen-bond acceptors (Lipinski definition) is 9. The standard InChI is InChI=1S/C30H36O5Si.C30H34O4Si/c1-21-8-10-22(11-9-21)19-35-36(6,7)25-16-17-27(34-20-28(31)30(2,3)4)26(18-25)29(32)23-12-14-24(33-5)15-13-23;1-20-8-10-21(11-9-20)19-33-35(6,7)24-16-17-26-25(18-24)27(22-12-14-23(32-5)15-13-22)28(34-26)29(31)30(2,3)4/h8-18H,19-20H2,1-7H3;8-18H,19H2,1-7H3. The van der Waals surface area contributed by atoms with Crippen molar-refractivity contribution in [1.82, 2.24) is 0 Å². The highest BCUT2D eigenvalue weighted by Gasteiger charge is 2.33. The van der Waals surface area contributed by atoms with E-state index in [1.165, 1.54) is 11.1 Å². The molecule has 0 radical (unpaired) electrons.